The molecule has 28 heavy (non-hydrogen) atoms. The molecule has 0 aliphatic heterocycles. The van der Waals surface area contributed by atoms with Gasteiger partial charge in [-0.05, 0) is 23.4 Å². The number of aromatic nitrogens is 4. The Morgan fingerprint density at radius 1 is 1.25 bits per heavy atom. The van der Waals surface area contributed by atoms with E-state index in [1.165, 1.54) is 24.4 Å². The molecule has 0 saturated carbocycles. The lowest BCUT2D eigenvalue weighted by atomic mass is 10.2. The molecule has 1 amide bonds. The Bertz CT molecular complexity index is 1070. The quantitative estimate of drug-likeness (QED) is 0.371. The first kappa shape index (κ1) is 19.4. The lowest BCUT2D eigenvalue weighted by molar-refractivity contribution is -0.384. The second kappa shape index (κ2) is 8.55. The number of hydrogen-bond donors (Lipinski definition) is 1. The van der Waals surface area contributed by atoms with E-state index in [1.807, 2.05) is 0 Å². The smallest absolute Gasteiger partial charge is 0.271 e. The normalized spacial score (nSPS) is 10.9. The third-order valence-electron chi connectivity index (χ3n) is 3.42. The average molecular weight is 420 g/mol. The zero-order valence-electron chi connectivity index (χ0n) is 14.0. The van der Waals surface area contributed by atoms with Crippen molar-refractivity contribution in [2.75, 3.05) is 0 Å². The first-order valence-electron chi connectivity index (χ1n) is 7.72. The molecule has 142 valence electrons. The summed E-state index contributed by atoms with van der Waals surface area (Å²) in [7, 11) is 0. The summed E-state index contributed by atoms with van der Waals surface area (Å²) in [5.74, 6) is -0.224. The third kappa shape index (κ3) is 4.67. The van der Waals surface area contributed by atoms with E-state index in [-0.39, 0.29) is 23.1 Å². The highest BCUT2D eigenvalue weighted by atomic mass is 35.5. The molecule has 0 unspecified atom stereocenters. The monoisotopic (exact) mass is 419 g/mol. The first-order chi connectivity index (χ1) is 13.4. The van der Waals surface area contributed by atoms with Gasteiger partial charge in [-0.15, -0.1) is 10.2 Å². The molecule has 0 bridgehead atoms. The maximum Gasteiger partial charge on any atom is 0.288 e. The average Bonchev–Trinajstić information content (AvgIpc) is 3.11. The Balaban J connectivity index is 1.61. The number of benzene rings is 2. The number of nitrogens with one attached hydrogen (secondary N) is 1. The van der Waals surface area contributed by atoms with Gasteiger partial charge in [0.25, 0.3) is 11.6 Å². The van der Waals surface area contributed by atoms with Crippen LogP contribution in [0, 0.1) is 10.1 Å². The number of nitrogens with zero attached hydrogens (tertiary/aromatic N) is 6. The summed E-state index contributed by atoms with van der Waals surface area (Å²) in [4.78, 5) is 23.3. The van der Waals surface area contributed by atoms with Crippen LogP contribution in [0.4, 0.5) is 5.69 Å². The minimum atomic E-state index is -0.606. The van der Waals surface area contributed by atoms with Gasteiger partial charge in [-0.1, -0.05) is 41.4 Å². The summed E-state index contributed by atoms with van der Waals surface area (Å²) in [6, 6.07) is 11.1. The van der Waals surface area contributed by atoms with Crippen LogP contribution in [-0.4, -0.2) is 37.3 Å². The van der Waals surface area contributed by atoms with Crippen molar-refractivity contribution in [2.45, 2.75) is 6.54 Å². The largest absolute Gasteiger partial charge is 0.288 e. The van der Waals surface area contributed by atoms with Crippen LogP contribution < -0.4 is 5.43 Å². The Kier molecular flexibility index (Phi) is 5.92. The van der Waals surface area contributed by atoms with E-state index in [1.54, 1.807) is 24.3 Å². The van der Waals surface area contributed by atoms with E-state index in [4.69, 9.17) is 23.2 Å². The second-order valence-corrected chi connectivity index (χ2v) is 6.20. The number of rotatable bonds is 6. The molecule has 0 spiro atoms. The van der Waals surface area contributed by atoms with Gasteiger partial charge in [0.15, 0.2) is 0 Å². The summed E-state index contributed by atoms with van der Waals surface area (Å²) in [5.41, 5.74) is 3.02. The van der Waals surface area contributed by atoms with Crippen molar-refractivity contribution in [3.63, 3.8) is 0 Å². The van der Waals surface area contributed by atoms with Crippen molar-refractivity contribution in [1.29, 1.82) is 0 Å². The number of carbonyl (C=O) groups excluding carboxylic acids is 1. The van der Waals surface area contributed by atoms with Gasteiger partial charge >= 0.3 is 0 Å². The molecule has 0 fully saturated rings. The number of tetrazole rings is 1. The van der Waals surface area contributed by atoms with Gasteiger partial charge in [0.2, 0.25) is 5.82 Å². The number of carbonyl (C=O) groups is 1. The SMILES string of the molecule is O=C(Cn1nnc(-c2ccccc2Cl)n1)N/N=C/c1ccc(Cl)c([N+](=O)[O-])c1. The Morgan fingerprint density at radius 2 is 2.04 bits per heavy atom. The number of hydrazone groups is 1. The lowest BCUT2D eigenvalue weighted by Gasteiger charge is -1.99. The molecule has 0 saturated heterocycles. The highest BCUT2D eigenvalue weighted by Crippen LogP contribution is 2.24. The van der Waals surface area contributed by atoms with Crippen molar-refractivity contribution >= 4 is 41.0 Å². The Hall–Kier alpha value is -3.37. The Labute approximate surface area is 167 Å². The number of amides is 1. The summed E-state index contributed by atoms with van der Waals surface area (Å²) < 4.78 is 0. The highest BCUT2D eigenvalue weighted by molar-refractivity contribution is 6.33. The first-order valence-corrected chi connectivity index (χ1v) is 8.48. The molecule has 0 atom stereocenters. The minimum Gasteiger partial charge on any atom is -0.271 e. The molecule has 10 nitrogen and oxygen atoms in total. The standard InChI is InChI=1S/C16H11Cl2N7O3/c17-12-4-2-1-3-11(12)16-21-23-24(22-16)9-15(26)20-19-8-10-5-6-13(18)14(7-10)25(27)28/h1-8H,9H2,(H,20,26)/b19-8+. The highest BCUT2D eigenvalue weighted by Gasteiger charge is 2.13. The molecule has 0 aliphatic rings. The molecule has 1 N–H and O–H groups in total. The second-order valence-electron chi connectivity index (χ2n) is 5.38. The van der Waals surface area contributed by atoms with Gasteiger partial charge < -0.3 is 0 Å². The van der Waals surface area contributed by atoms with E-state index in [0.717, 1.165) is 4.80 Å². The van der Waals surface area contributed by atoms with Gasteiger partial charge in [0, 0.05) is 17.2 Å². The summed E-state index contributed by atoms with van der Waals surface area (Å²) in [5, 5.41) is 26.8. The fourth-order valence-corrected chi connectivity index (χ4v) is 2.56. The molecule has 3 rings (SSSR count). The molecular weight excluding hydrogens is 409 g/mol. The Morgan fingerprint density at radius 3 is 2.79 bits per heavy atom. The number of nitro benzene ring substituents is 1. The fraction of sp³-hybridized carbons (Fsp3) is 0.0625. The van der Waals surface area contributed by atoms with Gasteiger partial charge in [-0.2, -0.15) is 9.90 Å². The van der Waals surface area contributed by atoms with Crippen LogP contribution in [-0.2, 0) is 11.3 Å². The maximum atomic E-state index is 11.9. The van der Waals surface area contributed by atoms with Crippen LogP contribution in [0.15, 0.2) is 47.6 Å². The maximum absolute atomic E-state index is 11.9. The molecule has 0 aliphatic carbocycles. The van der Waals surface area contributed by atoms with E-state index >= 15 is 0 Å². The van der Waals surface area contributed by atoms with Crippen LogP contribution in [0.25, 0.3) is 11.4 Å². The topological polar surface area (TPSA) is 128 Å². The number of halogens is 2. The van der Waals surface area contributed by atoms with Gasteiger partial charge in [-0.3, -0.25) is 14.9 Å². The lowest BCUT2D eigenvalue weighted by Crippen LogP contribution is -2.24. The van der Waals surface area contributed by atoms with Crippen molar-refractivity contribution in [2.24, 2.45) is 5.10 Å². The third-order valence-corrected chi connectivity index (χ3v) is 4.07. The molecule has 3 aromatic rings. The summed E-state index contributed by atoms with van der Waals surface area (Å²) >= 11 is 11.8. The molecule has 1 aromatic heterocycles. The van der Waals surface area contributed by atoms with Gasteiger partial charge in [0.1, 0.15) is 11.6 Å². The van der Waals surface area contributed by atoms with Crippen molar-refractivity contribution in [3.05, 3.63) is 68.2 Å². The van der Waals surface area contributed by atoms with Gasteiger partial charge in [-0.25, -0.2) is 5.43 Å². The number of nitro groups is 1. The van der Waals surface area contributed by atoms with Crippen LogP contribution in [0.1, 0.15) is 5.56 Å². The minimum absolute atomic E-state index is 0.0118. The van der Waals surface area contributed by atoms with Crippen LogP contribution in [0.5, 0.6) is 0 Å². The van der Waals surface area contributed by atoms with Crippen LogP contribution >= 0.6 is 23.2 Å². The number of hydrogen-bond acceptors (Lipinski definition) is 7. The molecular formula is C16H11Cl2N7O3. The van der Waals surface area contributed by atoms with Crippen LogP contribution in [0.2, 0.25) is 10.0 Å². The van der Waals surface area contributed by atoms with Crippen molar-refractivity contribution < 1.29 is 9.72 Å². The zero-order valence-corrected chi connectivity index (χ0v) is 15.5. The van der Waals surface area contributed by atoms with E-state index in [0.29, 0.717) is 16.1 Å². The van der Waals surface area contributed by atoms with E-state index < -0.39 is 10.8 Å². The predicted molar refractivity (Wildman–Crippen MR) is 102 cm³/mol. The molecule has 2 aromatic carbocycles. The summed E-state index contributed by atoms with van der Waals surface area (Å²) in [6.45, 7) is -0.227. The molecule has 1 heterocycles. The fourth-order valence-electron chi connectivity index (χ4n) is 2.15. The van der Waals surface area contributed by atoms with Crippen LogP contribution in [0.3, 0.4) is 0 Å². The molecule has 12 heteroatoms. The predicted octanol–water partition coefficient (Wildman–Crippen LogP) is 2.71. The molecule has 0 radical (unpaired) electrons. The van der Waals surface area contributed by atoms with E-state index in [2.05, 4.69) is 25.9 Å². The van der Waals surface area contributed by atoms with Gasteiger partial charge in [0.05, 0.1) is 16.2 Å². The zero-order chi connectivity index (χ0) is 20.1. The summed E-state index contributed by atoms with van der Waals surface area (Å²) in [6.07, 6.45) is 1.26. The van der Waals surface area contributed by atoms with E-state index in [9.17, 15) is 14.9 Å². The van der Waals surface area contributed by atoms with Crippen molar-refractivity contribution in [1.82, 2.24) is 25.6 Å². The van der Waals surface area contributed by atoms with Crippen molar-refractivity contribution in [3.8, 4) is 11.4 Å².